The number of benzene rings is 1. The summed E-state index contributed by atoms with van der Waals surface area (Å²) in [6.45, 7) is 1.13. The maximum atomic E-state index is 9.59. The third kappa shape index (κ3) is 2.16. The second-order valence-corrected chi connectivity index (χ2v) is 4.19. The van der Waals surface area contributed by atoms with Crippen molar-refractivity contribution in [1.82, 2.24) is 0 Å². The number of hydrogen-bond donors (Lipinski definition) is 1. The lowest BCUT2D eigenvalue weighted by molar-refractivity contribution is -0.186. The molecule has 1 saturated heterocycles. The molecule has 1 aliphatic rings. The average Bonchev–Trinajstić information content (AvgIpc) is 2.38. The van der Waals surface area contributed by atoms with E-state index in [0.29, 0.717) is 19.6 Å². The van der Waals surface area contributed by atoms with Gasteiger partial charge in [0.2, 0.25) is 0 Å². The highest BCUT2D eigenvalue weighted by molar-refractivity contribution is 5.33. The minimum atomic E-state index is -0.536. The Morgan fingerprint density at radius 3 is 2.88 bits per heavy atom. The molecule has 1 N–H and O–H groups in total. The number of phenols is 1. The van der Waals surface area contributed by atoms with Crippen LogP contribution in [0.2, 0.25) is 0 Å². The first-order valence-corrected chi connectivity index (χ1v) is 5.68. The van der Waals surface area contributed by atoms with E-state index in [1.54, 1.807) is 26.4 Å². The van der Waals surface area contributed by atoms with Gasteiger partial charge in [-0.2, -0.15) is 0 Å². The van der Waals surface area contributed by atoms with Crippen LogP contribution in [0.1, 0.15) is 12.0 Å². The molecule has 0 bridgehead atoms. The number of ether oxygens (including phenoxy) is 3. The van der Waals surface area contributed by atoms with Gasteiger partial charge in [0.05, 0.1) is 6.61 Å². The maximum absolute atomic E-state index is 9.59. The largest absolute Gasteiger partial charge is 0.508 e. The normalized spacial score (nSPS) is 29.2. The topological polar surface area (TPSA) is 47.9 Å². The molecular weight excluding hydrogens is 220 g/mol. The predicted octanol–water partition coefficient (Wildman–Crippen LogP) is 1.67. The van der Waals surface area contributed by atoms with Gasteiger partial charge in [-0.25, -0.2) is 0 Å². The zero-order valence-corrected chi connectivity index (χ0v) is 10.2. The van der Waals surface area contributed by atoms with Gasteiger partial charge in [0.25, 0.3) is 0 Å². The summed E-state index contributed by atoms with van der Waals surface area (Å²) in [4.78, 5) is 0. The highest BCUT2D eigenvalue weighted by atomic mass is 16.6. The first-order valence-electron chi connectivity index (χ1n) is 5.68. The van der Waals surface area contributed by atoms with Crippen molar-refractivity contribution in [1.29, 1.82) is 0 Å². The van der Waals surface area contributed by atoms with Gasteiger partial charge in [-0.15, -0.1) is 0 Å². The second-order valence-electron chi connectivity index (χ2n) is 4.19. The first-order chi connectivity index (χ1) is 8.23. The van der Waals surface area contributed by atoms with E-state index in [-0.39, 0.29) is 11.9 Å². The molecule has 2 rings (SSSR count). The van der Waals surface area contributed by atoms with Crippen LogP contribution in [-0.4, -0.2) is 38.6 Å². The Labute approximate surface area is 101 Å². The summed E-state index contributed by atoms with van der Waals surface area (Å²) in [7, 11) is 3.32. The molecule has 1 aliphatic heterocycles. The molecule has 1 aromatic carbocycles. The zero-order valence-electron chi connectivity index (χ0n) is 10.2. The molecule has 17 heavy (non-hydrogen) atoms. The van der Waals surface area contributed by atoms with Crippen molar-refractivity contribution in [3.8, 4) is 5.75 Å². The molecule has 2 unspecified atom stereocenters. The summed E-state index contributed by atoms with van der Waals surface area (Å²) in [5.74, 6) is 0.236. The van der Waals surface area contributed by atoms with Crippen LogP contribution in [0.4, 0.5) is 0 Å². The van der Waals surface area contributed by atoms with Crippen molar-refractivity contribution in [2.24, 2.45) is 0 Å². The minimum Gasteiger partial charge on any atom is -0.508 e. The van der Waals surface area contributed by atoms with Crippen molar-refractivity contribution in [2.75, 3.05) is 27.4 Å². The molecule has 0 radical (unpaired) electrons. The van der Waals surface area contributed by atoms with Crippen LogP contribution >= 0.6 is 0 Å². The average molecular weight is 238 g/mol. The Bertz CT molecular complexity index is 379. The van der Waals surface area contributed by atoms with E-state index in [0.717, 1.165) is 5.56 Å². The van der Waals surface area contributed by atoms with Crippen LogP contribution in [0.25, 0.3) is 0 Å². The Balaban J connectivity index is 2.40. The molecule has 94 valence electrons. The van der Waals surface area contributed by atoms with Crippen molar-refractivity contribution in [3.05, 3.63) is 29.8 Å². The summed E-state index contributed by atoms with van der Waals surface area (Å²) >= 11 is 0. The van der Waals surface area contributed by atoms with Gasteiger partial charge in [0, 0.05) is 27.2 Å². The number of rotatable bonds is 3. The molecule has 2 atom stereocenters. The quantitative estimate of drug-likeness (QED) is 0.870. The van der Waals surface area contributed by atoms with Crippen LogP contribution < -0.4 is 0 Å². The van der Waals surface area contributed by atoms with Crippen molar-refractivity contribution >= 4 is 0 Å². The number of hydrogen-bond acceptors (Lipinski definition) is 4. The molecule has 1 fully saturated rings. The third-order valence-corrected chi connectivity index (χ3v) is 3.39. The van der Waals surface area contributed by atoms with Gasteiger partial charge in [0.15, 0.2) is 0 Å². The summed E-state index contributed by atoms with van der Waals surface area (Å²) < 4.78 is 16.6. The lowest BCUT2D eigenvalue weighted by atomic mass is 9.83. The molecular formula is C13H18O4. The Kier molecular flexibility index (Phi) is 3.66. The van der Waals surface area contributed by atoms with Crippen LogP contribution in [0, 0.1) is 0 Å². The number of phenolic OH excluding ortho intramolecular Hbond substituents is 1. The number of aromatic hydroxyl groups is 1. The predicted molar refractivity (Wildman–Crippen MR) is 63.0 cm³/mol. The van der Waals surface area contributed by atoms with Crippen LogP contribution in [0.5, 0.6) is 5.75 Å². The van der Waals surface area contributed by atoms with E-state index in [9.17, 15) is 5.11 Å². The van der Waals surface area contributed by atoms with Gasteiger partial charge < -0.3 is 19.3 Å². The summed E-state index contributed by atoms with van der Waals surface area (Å²) in [6.07, 6.45) is 0.550. The fraction of sp³-hybridized carbons (Fsp3) is 0.538. The molecule has 4 nitrogen and oxygen atoms in total. The van der Waals surface area contributed by atoms with Gasteiger partial charge >= 0.3 is 0 Å². The van der Waals surface area contributed by atoms with Crippen molar-refractivity contribution in [3.63, 3.8) is 0 Å². The Morgan fingerprint density at radius 1 is 1.41 bits per heavy atom. The fourth-order valence-corrected chi connectivity index (χ4v) is 2.42. The first kappa shape index (κ1) is 12.4. The molecule has 1 heterocycles. The molecule has 4 heteroatoms. The molecule has 0 aromatic heterocycles. The standard InChI is InChI=1S/C13H18O4/c1-15-12-9-17-7-6-13(12,16-2)10-4-3-5-11(14)8-10/h3-5,8,12,14H,6-7,9H2,1-2H3. The van der Waals surface area contributed by atoms with Crippen LogP contribution in [0.15, 0.2) is 24.3 Å². The highest BCUT2D eigenvalue weighted by Crippen LogP contribution is 2.38. The van der Waals surface area contributed by atoms with E-state index in [4.69, 9.17) is 14.2 Å². The van der Waals surface area contributed by atoms with Gasteiger partial charge in [-0.05, 0) is 17.7 Å². The molecule has 1 aromatic rings. The minimum absolute atomic E-state index is 0.164. The van der Waals surface area contributed by atoms with Crippen LogP contribution in [0.3, 0.4) is 0 Å². The van der Waals surface area contributed by atoms with E-state index >= 15 is 0 Å². The zero-order chi connectivity index (χ0) is 12.3. The fourth-order valence-electron chi connectivity index (χ4n) is 2.42. The van der Waals surface area contributed by atoms with E-state index in [1.807, 2.05) is 12.1 Å². The molecule has 0 saturated carbocycles. The maximum Gasteiger partial charge on any atom is 0.123 e. The Morgan fingerprint density at radius 2 is 2.24 bits per heavy atom. The third-order valence-electron chi connectivity index (χ3n) is 3.39. The molecule has 0 aliphatic carbocycles. The van der Waals surface area contributed by atoms with Gasteiger partial charge in [-0.3, -0.25) is 0 Å². The summed E-state index contributed by atoms with van der Waals surface area (Å²) in [5, 5.41) is 9.59. The van der Waals surface area contributed by atoms with Crippen molar-refractivity contribution in [2.45, 2.75) is 18.1 Å². The highest BCUT2D eigenvalue weighted by Gasteiger charge is 2.43. The summed E-state index contributed by atoms with van der Waals surface area (Å²) in [6, 6.07) is 7.13. The SMILES string of the molecule is COC1COCCC1(OC)c1cccc(O)c1. The second kappa shape index (κ2) is 5.04. The van der Waals surface area contributed by atoms with Gasteiger partial charge in [-0.1, -0.05) is 12.1 Å². The smallest absolute Gasteiger partial charge is 0.123 e. The summed E-state index contributed by atoms with van der Waals surface area (Å²) in [5.41, 5.74) is 0.390. The van der Waals surface area contributed by atoms with E-state index in [2.05, 4.69) is 0 Å². The van der Waals surface area contributed by atoms with E-state index in [1.165, 1.54) is 0 Å². The lowest BCUT2D eigenvalue weighted by Crippen LogP contribution is -2.49. The van der Waals surface area contributed by atoms with Gasteiger partial charge in [0.1, 0.15) is 17.5 Å². The number of methoxy groups -OCH3 is 2. The van der Waals surface area contributed by atoms with Crippen molar-refractivity contribution < 1.29 is 19.3 Å². The molecule has 0 amide bonds. The molecule has 0 spiro atoms. The monoisotopic (exact) mass is 238 g/mol. The Hall–Kier alpha value is -1.10. The van der Waals surface area contributed by atoms with Crippen LogP contribution in [-0.2, 0) is 19.8 Å². The lowest BCUT2D eigenvalue weighted by Gasteiger charge is -2.42. The van der Waals surface area contributed by atoms with E-state index < -0.39 is 5.60 Å².